The third kappa shape index (κ3) is 9.45. The first kappa shape index (κ1) is 43.7. The van der Waals surface area contributed by atoms with Crippen molar-refractivity contribution in [3.63, 3.8) is 0 Å². The lowest BCUT2D eigenvalue weighted by Gasteiger charge is -2.51. The van der Waals surface area contributed by atoms with E-state index in [1.54, 1.807) is 43.6 Å². The summed E-state index contributed by atoms with van der Waals surface area (Å²) in [5.41, 5.74) is 4.06. The first-order chi connectivity index (χ1) is 27.9. The van der Waals surface area contributed by atoms with E-state index < -0.39 is 49.0 Å². The van der Waals surface area contributed by atoms with Crippen molar-refractivity contribution >= 4 is 29.2 Å². The van der Waals surface area contributed by atoms with Crippen LogP contribution in [0.25, 0.3) is 10.9 Å². The molecule has 2 heterocycles. The first-order valence-corrected chi connectivity index (χ1v) is 23.8. The number of fused-ring (bicyclic) bond motifs is 1. The summed E-state index contributed by atoms with van der Waals surface area (Å²) >= 11 is 0. The van der Waals surface area contributed by atoms with Gasteiger partial charge in [0.25, 0.3) is 10.0 Å². The van der Waals surface area contributed by atoms with Crippen molar-refractivity contribution in [2.24, 2.45) is 0 Å². The summed E-state index contributed by atoms with van der Waals surface area (Å²) in [6.07, 6.45) is -1.76. The molecule has 1 N–H and O–H groups in total. The number of hydrogen-bond donors (Lipinski definition) is 1. The smallest absolute Gasteiger partial charge is 0.268 e. The number of methoxy groups -OCH3 is 1. The van der Waals surface area contributed by atoms with Crippen LogP contribution in [0.2, 0.25) is 16.6 Å². The third-order valence-electron chi connectivity index (χ3n) is 11.4. The SMILES string of the molecule is COc1ccc(CO[C@H]2[C@H](OCc3ccccc3)[C@@H](O[Si](C(C)C)(C(C)C)C(C)C)[C@H](OCCc3cn(S(=O)(=O)c4ccccc4)c4ccccc34)O[C@@H]2CO)cc1. The molecule has 4 aromatic carbocycles. The van der Waals surface area contributed by atoms with E-state index in [4.69, 9.17) is 28.1 Å². The van der Waals surface area contributed by atoms with E-state index in [-0.39, 0.29) is 47.9 Å². The van der Waals surface area contributed by atoms with Gasteiger partial charge in [0.05, 0.1) is 43.9 Å². The van der Waals surface area contributed by atoms with Crippen LogP contribution in [0, 0.1) is 0 Å². The van der Waals surface area contributed by atoms with Gasteiger partial charge in [-0.25, -0.2) is 12.4 Å². The van der Waals surface area contributed by atoms with E-state index in [0.29, 0.717) is 11.9 Å². The Labute approximate surface area is 345 Å². The molecular formula is C46H59NO9SSi. The average molecular weight is 830 g/mol. The van der Waals surface area contributed by atoms with Gasteiger partial charge in [0.15, 0.2) is 6.29 Å². The number of rotatable bonds is 19. The molecule has 0 amide bonds. The lowest BCUT2D eigenvalue weighted by molar-refractivity contribution is -0.313. The van der Waals surface area contributed by atoms with Crippen molar-refractivity contribution in [3.8, 4) is 5.75 Å². The van der Waals surface area contributed by atoms with Crippen LogP contribution < -0.4 is 4.74 Å². The summed E-state index contributed by atoms with van der Waals surface area (Å²) in [6.45, 7) is 13.8. The number of aliphatic hydroxyl groups excluding tert-OH is 1. The van der Waals surface area contributed by atoms with Crippen molar-refractivity contribution in [2.45, 2.75) is 113 Å². The molecule has 0 aliphatic carbocycles. The fraction of sp³-hybridized carbons (Fsp3) is 0.435. The Morgan fingerprint density at radius 2 is 1.28 bits per heavy atom. The van der Waals surface area contributed by atoms with Crippen molar-refractivity contribution in [3.05, 3.63) is 132 Å². The van der Waals surface area contributed by atoms with Crippen molar-refractivity contribution in [1.82, 2.24) is 3.97 Å². The molecule has 1 fully saturated rings. The van der Waals surface area contributed by atoms with Crippen LogP contribution in [0.1, 0.15) is 58.2 Å². The average Bonchev–Trinajstić information content (AvgIpc) is 3.61. The second-order valence-electron chi connectivity index (χ2n) is 15.9. The fourth-order valence-corrected chi connectivity index (χ4v) is 15.6. The van der Waals surface area contributed by atoms with Crippen molar-refractivity contribution < 1.29 is 41.6 Å². The molecule has 1 aliphatic heterocycles. The maximum absolute atomic E-state index is 13.8. The number of para-hydroxylation sites is 1. The Morgan fingerprint density at radius 3 is 1.88 bits per heavy atom. The normalized spacial score (nSPS) is 20.4. The highest BCUT2D eigenvalue weighted by molar-refractivity contribution is 7.90. The molecule has 0 bridgehead atoms. The standard InChI is InChI=1S/C46H59NO9SSi/c1-32(2)58(33(3)4,34(5)6)56-45-44(54-30-35-16-10-8-11-17-35)43(53-31-36-22-24-38(51-7)25-23-36)42(29-48)55-46(45)52-27-26-37-28-47(41-21-15-14-20-40(37)41)57(49,50)39-18-12-9-13-19-39/h8-25,28,32-34,42-46,48H,26-27,29-31H2,1-7H3/t42-,43-,44+,45-,46-/m1/s1. The molecule has 312 valence electrons. The van der Waals surface area contributed by atoms with Gasteiger partial charge in [-0.15, -0.1) is 0 Å². The molecule has 0 radical (unpaired) electrons. The van der Waals surface area contributed by atoms with E-state index >= 15 is 0 Å². The second-order valence-corrected chi connectivity index (χ2v) is 23.1. The lowest BCUT2D eigenvalue weighted by atomic mass is 9.98. The highest BCUT2D eigenvalue weighted by Crippen LogP contribution is 2.45. The lowest BCUT2D eigenvalue weighted by Crippen LogP contribution is -2.65. The quantitative estimate of drug-likeness (QED) is 0.0816. The molecule has 5 atom stereocenters. The molecule has 5 aromatic rings. The number of nitrogens with zero attached hydrogens (tertiary/aromatic N) is 1. The van der Waals surface area contributed by atoms with Crippen LogP contribution in [0.5, 0.6) is 5.75 Å². The van der Waals surface area contributed by atoms with Gasteiger partial charge in [0.1, 0.15) is 30.2 Å². The van der Waals surface area contributed by atoms with Gasteiger partial charge >= 0.3 is 0 Å². The zero-order valence-electron chi connectivity index (χ0n) is 34.7. The Balaban J connectivity index is 1.35. The summed E-state index contributed by atoms with van der Waals surface area (Å²) in [5.74, 6) is 0.746. The fourth-order valence-electron chi connectivity index (χ4n) is 8.61. The highest BCUT2D eigenvalue weighted by Gasteiger charge is 2.55. The van der Waals surface area contributed by atoms with Gasteiger partial charge < -0.3 is 33.2 Å². The Kier molecular flexibility index (Phi) is 14.7. The zero-order valence-corrected chi connectivity index (χ0v) is 36.5. The van der Waals surface area contributed by atoms with Crippen molar-refractivity contribution in [2.75, 3.05) is 20.3 Å². The minimum absolute atomic E-state index is 0.185. The summed E-state index contributed by atoms with van der Waals surface area (Å²) in [4.78, 5) is 0.211. The summed E-state index contributed by atoms with van der Waals surface area (Å²) in [6, 6.07) is 33.6. The topological polar surface area (TPSA) is 115 Å². The van der Waals surface area contributed by atoms with Gasteiger partial charge in [0, 0.05) is 11.6 Å². The van der Waals surface area contributed by atoms with Crippen LogP contribution in [-0.2, 0) is 53.0 Å². The summed E-state index contributed by atoms with van der Waals surface area (Å²) in [5, 5.41) is 11.7. The van der Waals surface area contributed by atoms with Crippen LogP contribution in [0.3, 0.4) is 0 Å². The van der Waals surface area contributed by atoms with Crippen LogP contribution in [0.4, 0.5) is 0 Å². The number of ether oxygens (including phenoxy) is 5. The van der Waals surface area contributed by atoms with Crippen molar-refractivity contribution in [1.29, 1.82) is 0 Å². The van der Waals surface area contributed by atoms with Gasteiger partial charge in [-0.3, -0.25) is 0 Å². The molecule has 1 aromatic heterocycles. The summed E-state index contributed by atoms with van der Waals surface area (Å²) in [7, 11) is -4.82. The van der Waals surface area contributed by atoms with Gasteiger partial charge in [-0.1, -0.05) is 120 Å². The molecular weight excluding hydrogens is 771 g/mol. The maximum Gasteiger partial charge on any atom is 0.268 e. The first-order valence-electron chi connectivity index (χ1n) is 20.3. The van der Waals surface area contributed by atoms with Gasteiger partial charge in [-0.2, -0.15) is 0 Å². The van der Waals surface area contributed by atoms with E-state index in [2.05, 4.69) is 41.5 Å². The molecule has 58 heavy (non-hydrogen) atoms. The predicted molar refractivity (Wildman–Crippen MR) is 229 cm³/mol. The molecule has 10 nitrogen and oxygen atoms in total. The van der Waals surface area contributed by atoms with Crippen LogP contribution in [-0.4, -0.2) is 76.8 Å². The van der Waals surface area contributed by atoms with Crippen LogP contribution in [0.15, 0.2) is 120 Å². The number of aromatic nitrogens is 1. The maximum atomic E-state index is 13.8. The minimum atomic E-state index is -3.86. The molecule has 6 rings (SSSR count). The molecule has 0 unspecified atom stereocenters. The monoisotopic (exact) mass is 829 g/mol. The van der Waals surface area contributed by atoms with Crippen LogP contribution >= 0.6 is 0 Å². The molecule has 12 heteroatoms. The molecule has 1 aliphatic rings. The Morgan fingerprint density at radius 1 is 0.707 bits per heavy atom. The number of aliphatic hydroxyl groups is 1. The summed E-state index contributed by atoms with van der Waals surface area (Å²) < 4.78 is 68.9. The molecule has 1 saturated heterocycles. The highest BCUT2D eigenvalue weighted by atomic mass is 32.2. The molecule has 0 saturated carbocycles. The second kappa shape index (κ2) is 19.5. The van der Waals surface area contributed by atoms with E-state index in [1.807, 2.05) is 78.9 Å². The van der Waals surface area contributed by atoms with E-state index in [1.165, 1.54) is 3.97 Å². The minimum Gasteiger partial charge on any atom is -0.497 e. The third-order valence-corrected chi connectivity index (χ3v) is 19.2. The molecule has 0 spiro atoms. The number of benzene rings is 4. The predicted octanol–water partition coefficient (Wildman–Crippen LogP) is 8.89. The van der Waals surface area contributed by atoms with E-state index in [9.17, 15) is 13.5 Å². The number of hydrogen-bond acceptors (Lipinski definition) is 9. The van der Waals surface area contributed by atoms with E-state index in [0.717, 1.165) is 27.8 Å². The zero-order chi connectivity index (χ0) is 41.5. The Hall–Kier alpha value is -3.85. The van der Waals surface area contributed by atoms with Gasteiger partial charge in [-0.05, 0) is 70.1 Å². The largest absolute Gasteiger partial charge is 0.497 e. The van der Waals surface area contributed by atoms with Gasteiger partial charge in [0.2, 0.25) is 8.32 Å². The Bertz CT molecular complexity index is 2120.